The van der Waals surface area contributed by atoms with Crippen molar-refractivity contribution in [1.82, 2.24) is 15.5 Å². The number of halogens is 1. The summed E-state index contributed by atoms with van der Waals surface area (Å²) in [5, 5.41) is 26.2. The highest BCUT2D eigenvalue weighted by Gasteiger charge is 2.50. The molecule has 0 bridgehead atoms. The fourth-order valence-corrected chi connectivity index (χ4v) is 5.43. The Kier molecular flexibility index (Phi) is 8.62. The second-order valence-electron chi connectivity index (χ2n) is 8.59. The fourth-order valence-electron chi connectivity index (χ4n) is 3.87. The molecule has 3 atom stereocenters. The molecule has 4 N–H and O–H groups in total. The lowest BCUT2D eigenvalue weighted by Gasteiger charge is -2.31. The molecule has 0 aliphatic carbocycles. The van der Waals surface area contributed by atoms with Crippen LogP contribution in [0.25, 0.3) is 0 Å². The number of aliphatic carboxylic acids is 1. The lowest BCUT2D eigenvalue weighted by atomic mass is 9.98. The number of nitrogens with zero attached hydrogens (tertiary/aromatic N) is 1. The van der Waals surface area contributed by atoms with Crippen molar-refractivity contribution in [2.45, 2.75) is 49.7 Å². The summed E-state index contributed by atoms with van der Waals surface area (Å²) in [4.78, 5) is 38.9. The summed E-state index contributed by atoms with van der Waals surface area (Å²) in [5.41, 5.74) is 1.69. The van der Waals surface area contributed by atoms with Crippen LogP contribution >= 0.6 is 27.7 Å². The number of carbonyl (C=O) groups is 3. The summed E-state index contributed by atoms with van der Waals surface area (Å²) >= 11 is 4.77. The van der Waals surface area contributed by atoms with Crippen LogP contribution in [0.3, 0.4) is 0 Å². The Labute approximate surface area is 211 Å². The molecule has 1 fully saturated rings. The molecule has 3 unspecified atom stereocenters. The molecule has 10 heteroatoms. The summed E-state index contributed by atoms with van der Waals surface area (Å²) < 4.78 is 0.143. The Bertz CT molecular complexity index is 1040. The van der Waals surface area contributed by atoms with Crippen LogP contribution in [0.1, 0.15) is 25.0 Å². The van der Waals surface area contributed by atoms with E-state index in [1.54, 1.807) is 13.8 Å². The smallest absolute Gasteiger partial charge is 0.327 e. The predicted molar refractivity (Wildman–Crippen MR) is 134 cm³/mol. The van der Waals surface area contributed by atoms with Crippen LogP contribution in [0.4, 0.5) is 4.79 Å². The minimum absolute atomic E-state index is 0.145. The van der Waals surface area contributed by atoms with Crippen molar-refractivity contribution < 1.29 is 24.6 Å². The van der Waals surface area contributed by atoms with Crippen molar-refractivity contribution in [3.05, 3.63) is 70.2 Å². The molecule has 1 aliphatic rings. The van der Waals surface area contributed by atoms with Gasteiger partial charge in [0.15, 0.2) is 6.10 Å². The van der Waals surface area contributed by atoms with Gasteiger partial charge >= 0.3 is 12.0 Å². The minimum atomic E-state index is -1.62. The number of hydrogen-bond acceptors (Lipinski definition) is 5. The average Bonchev–Trinajstić information content (AvgIpc) is 3.13. The van der Waals surface area contributed by atoms with E-state index in [0.717, 1.165) is 15.6 Å². The number of carboxylic acids is 1. The monoisotopic (exact) mass is 549 g/mol. The third kappa shape index (κ3) is 6.31. The SMILES string of the molecule is CC1(C)SCN(C(=O)C(O)C(Cc2ccccc2)NC(=O)NCc2ccccc2Br)C1C(=O)O. The van der Waals surface area contributed by atoms with Gasteiger partial charge in [0, 0.05) is 15.8 Å². The number of amides is 3. The number of hydrogen-bond donors (Lipinski definition) is 4. The van der Waals surface area contributed by atoms with Crippen molar-refractivity contribution in [3.8, 4) is 0 Å². The lowest BCUT2D eigenvalue weighted by molar-refractivity contribution is -0.154. The van der Waals surface area contributed by atoms with Crippen LogP contribution in [0.2, 0.25) is 0 Å². The maximum absolute atomic E-state index is 13.2. The number of aliphatic hydroxyl groups is 1. The molecule has 3 rings (SSSR count). The van der Waals surface area contributed by atoms with E-state index in [4.69, 9.17) is 0 Å². The Morgan fingerprint density at radius 1 is 1.15 bits per heavy atom. The van der Waals surface area contributed by atoms with Gasteiger partial charge in [0.2, 0.25) is 0 Å². The van der Waals surface area contributed by atoms with Crippen LogP contribution in [0.15, 0.2) is 59.1 Å². The van der Waals surface area contributed by atoms with Crippen LogP contribution in [-0.2, 0) is 22.6 Å². The highest BCUT2D eigenvalue weighted by Crippen LogP contribution is 2.39. The largest absolute Gasteiger partial charge is 0.480 e. The molecule has 1 aliphatic heterocycles. The summed E-state index contributed by atoms with van der Waals surface area (Å²) in [5.74, 6) is -1.71. The molecule has 8 nitrogen and oxygen atoms in total. The van der Waals surface area contributed by atoms with E-state index in [-0.39, 0.29) is 18.8 Å². The van der Waals surface area contributed by atoms with Crippen LogP contribution in [0.5, 0.6) is 0 Å². The quantitative estimate of drug-likeness (QED) is 0.402. The van der Waals surface area contributed by atoms with Crippen LogP contribution < -0.4 is 10.6 Å². The number of urea groups is 1. The molecule has 0 saturated carbocycles. The molecule has 182 valence electrons. The van der Waals surface area contributed by atoms with Crippen molar-refractivity contribution in [2.75, 3.05) is 5.88 Å². The van der Waals surface area contributed by atoms with Gasteiger partial charge < -0.3 is 25.7 Å². The number of carbonyl (C=O) groups excluding carboxylic acids is 2. The van der Waals surface area contributed by atoms with Gasteiger partial charge in [-0.05, 0) is 37.5 Å². The van der Waals surface area contributed by atoms with E-state index >= 15 is 0 Å². The average molecular weight is 550 g/mol. The minimum Gasteiger partial charge on any atom is -0.480 e. The normalized spacial score (nSPS) is 18.7. The molecule has 0 spiro atoms. The number of nitrogens with one attached hydrogen (secondary N) is 2. The van der Waals surface area contributed by atoms with Gasteiger partial charge in [-0.15, -0.1) is 11.8 Å². The number of thioether (sulfide) groups is 1. The zero-order chi connectivity index (χ0) is 24.9. The van der Waals surface area contributed by atoms with Crippen molar-refractivity contribution in [3.63, 3.8) is 0 Å². The van der Waals surface area contributed by atoms with E-state index in [0.29, 0.717) is 0 Å². The first kappa shape index (κ1) is 26.1. The summed E-state index contributed by atoms with van der Waals surface area (Å²) in [6, 6.07) is 14.0. The maximum atomic E-state index is 13.2. The van der Waals surface area contributed by atoms with E-state index < -0.39 is 40.8 Å². The van der Waals surface area contributed by atoms with E-state index in [9.17, 15) is 24.6 Å². The van der Waals surface area contributed by atoms with Crippen molar-refractivity contribution in [1.29, 1.82) is 0 Å². The van der Waals surface area contributed by atoms with Crippen LogP contribution in [0, 0.1) is 0 Å². The topological polar surface area (TPSA) is 119 Å². The Balaban J connectivity index is 1.75. The number of aliphatic hydroxyl groups excluding tert-OH is 1. The third-order valence-corrected chi connectivity index (χ3v) is 7.86. The van der Waals surface area contributed by atoms with E-state index in [1.807, 2.05) is 54.6 Å². The van der Waals surface area contributed by atoms with Crippen molar-refractivity contribution >= 4 is 45.6 Å². The van der Waals surface area contributed by atoms with E-state index in [1.165, 1.54) is 16.7 Å². The van der Waals surface area contributed by atoms with Crippen LogP contribution in [-0.4, -0.2) is 61.8 Å². The van der Waals surface area contributed by atoms with Gasteiger partial charge in [-0.25, -0.2) is 9.59 Å². The predicted octanol–water partition coefficient (Wildman–Crippen LogP) is 2.99. The molecular weight excluding hydrogens is 522 g/mol. The summed E-state index contributed by atoms with van der Waals surface area (Å²) in [6.07, 6.45) is -1.43. The first-order valence-electron chi connectivity index (χ1n) is 10.8. The first-order chi connectivity index (χ1) is 16.1. The fraction of sp³-hybridized carbons (Fsp3) is 0.375. The molecule has 1 heterocycles. The Hall–Kier alpha value is -2.56. The Morgan fingerprint density at radius 2 is 1.79 bits per heavy atom. The maximum Gasteiger partial charge on any atom is 0.327 e. The Morgan fingerprint density at radius 3 is 2.44 bits per heavy atom. The van der Waals surface area contributed by atoms with Gasteiger partial charge in [0.25, 0.3) is 5.91 Å². The van der Waals surface area contributed by atoms with Crippen molar-refractivity contribution in [2.24, 2.45) is 0 Å². The first-order valence-corrected chi connectivity index (χ1v) is 12.5. The van der Waals surface area contributed by atoms with Gasteiger partial charge in [-0.2, -0.15) is 0 Å². The third-order valence-electron chi connectivity index (χ3n) is 5.71. The standard InChI is InChI=1S/C24H28BrN3O5S/c1-24(2)20(22(31)32)28(14-34-24)21(30)19(29)18(12-15-8-4-3-5-9-15)27-23(33)26-13-16-10-6-7-11-17(16)25/h3-11,18-20,29H,12-14H2,1-2H3,(H,31,32)(H2,26,27,33). The summed E-state index contributed by atoms with van der Waals surface area (Å²) in [6.45, 7) is 3.75. The molecular formula is C24H28BrN3O5S. The second kappa shape index (κ2) is 11.2. The van der Waals surface area contributed by atoms with E-state index in [2.05, 4.69) is 26.6 Å². The highest BCUT2D eigenvalue weighted by atomic mass is 79.9. The number of rotatable bonds is 8. The summed E-state index contributed by atoms with van der Waals surface area (Å²) in [7, 11) is 0. The molecule has 0 radical (unpaired) electrons. The van der Waals surface area contributed by atoms with Gasteiger partial charge in [-0.3, -0.25) is 4.79 Å². The molecule has 0 aromatic heterocycles. The second-order valence-corrected chi connectivity index (χ2v) is 11.0. The molecule has 2 aromatic rings. The number of carboxylic acid groups (broad SMARTS) is 1. The molecule has 1 saturated heterocycles. The lowest BCUT2D eigenvalue weighted by Crippen LogP contribution is -2.57. The molecule has 3 amide bonds. The van der Waals surface area contributed by atoms with Gasteiger partial charge in [0.1, 0.15) is 6.04 Å². The molecule has 34 heavy (non-hydrogen) atoms. The zero-order valence-corrected chi connectivity index (χ0v) is 21.3. The highest BCUT2D eigenvalue weighted by molar-refractivity contribution is 9.10. The zero-order valence-electron chi connectivity index (χ0n) is 18.9. The van der Waals surface area contributed by atoms with Gasteiger partial charge in [0.05, 0.1) is 11.9 Å². The van der Waals surface area contributed by atoms with Gasteiger partial charge in [-0.1, -0.05) is 64.5 Å². The molecule has 2 aromatic carbocycles. The number of benzene rings is 2.